The van der Waals surface area contributed by atoms with Crippen LogP contribution in [0, 0.1) is 13.8 Å². The molecule has 0 bridgehead atoms. The Kier molecular flexibility index (Phi) is 7.39. The summed E-state index contributed by atoms with van der Waals surface area (Å²) in [5.41, 5.74) is 8.88. The monoisotopic (exact) mass is 549 g/mol. The Hall–Kier alpha value is -4.52. The van der Waals surface area contributed by atoms with Crippen molar-refractivity contribution in [3.63, 3.8) is 0 Å². The molecule has 5 rings (SSSR count). The smallest absolute Gasteiger partial charge is 0.419 e. The predicted molar refractivity (Wildman–Crippen MR) is 143 cm³/mol. The SMILES string of the molecule is Cc1ccc(C(=O)NC2CC2)cc1Nc1ncnn2cc(C(=O)N(C(=O)OCOC(=O)C(C)N)C3CC3)c(C)c12. The van der Waals surface area contributed by atoms with E-state index in [9.17, 15) is 19.2 Å². The Morgan fingerprint density at radius 1 is 1.15 bits per heavy atom. The van der Waals surface area contributed by atoms with Gasteiger partial charge in [-0.1, -0.05) is 6.07 Å². The molecule has 2 aliphatic rings. The lowest BCUT2D eigenvalue weighted by atomic mass is 10.1. The largest absolute Gasteiger partial charge is 0.427 e. The predicted octanol–water partition coefficient (Wildman–Crippen LogP) is 2.57. The summed E-state index contributed by atoms with van der Waals surface area (Å²) in [6, 6.07) is 4.44. The number of benzene rings is 1. The van der Waals surface area contributed by atoms with Crippen LogP contribution in [0.1, 0.15) is 64.4 Å². The maximum Gasteiger partial charge on any atom is 0.419 e. The van der Waals surface area contributed by atoms with E-state index in [-0.39, 0.29) is 23.6 Å². The molecular weight excluding hydrogens is 518 g/mol. The third-order valence-corrected chi connectivity index (χ3v) is 6.81. The van der Waals surface area contributed by atoms with Crippen molar-refractivity contribution in [2.24, 2.45) is 5.73 Å². The highest BCUT2D eigenvalue weighted by Crippen LogP contribution is 2.32. The molecule has 40 heavy (non-hydrogen) atoms. The number of nitrogens with one attached hydrogen (secondary N) is 2. The molecule has 1 unspecified atom stereocenters. The Morgan fingerprint density at radius 3 is 2.58 bits per heavy atom. The van der Waals surface area contributed by atoms with Crippen LogP contribution < -0.4 is 16.4 Å². The highest BCUT2D eigenvalue weighted by Gasteiger charge is 2.40. The van der Waals surface area contributed by atoms with E-state index >= 15 is 0 Å². The van der Waals surface area contributed by atoms with Crippen LogP contribution in [0.3, 0.4) is 0 Å². The zero-order valence-corrected chi connectivity index (χ0v) is 22.5. The van der Waals surface area contributed by atoms with Gasteiger partial charge in [0.2, 0.25) is 6.79 Å². The number of hydrogen-bond acceptors (Lipinski definition) is 10. The summed E-state index contributed by atoms with van der Waals surface area (Å²) in [5, 5.41) is 10.5. The Labute approximate surface area is 230 Å². The van der Waals surface area contributed by atoms with Crippen molar-refractivity contribution in [1.29, 1.82) is 0 Å². The first-order valence-corrected chi connectivity index (χ1v) is 13.1. The molecule has 2 fully saturated rings. The lowest BCUT2D eigenvalue weighted by Gasteiger charge is -2.20. The number of fused-ring (bicyclic) bond motifs is 1. The van der Waals surface area contributed by atoms with Crippen molar-refractivity contribution in [1.82, 2.24) is 24.8 Å². The number of nitrogens with two attached hydrogens (primary N) is 1. The number of ether oxygens (including phenoxy) is 2. The molecule has 3 aromatic rings. The van der Waals surface area contributed by atoms with Gasteiger partial charge in [-0.15, -0.1) is 0 Å². The fraction of sp³-hybridized carbons (Fsp3) is 0.407. The molecule has 0 aliphatic heterocycles. The van der Waals surface area contributed by atoms with Crippen LogP contribution in [0.15, 0.2) is 30.7 Å². The Balaban J connectivity index is 1.38. The fourth-order valence-corrected chi connectivity index (χ4v) is 4.19. The highest BCUT2D eigenvalue weighted by atomic mass is 16.7. The minimum Gasteiger partial charge on any atom is -0.427 e. The normalized spacial score (nSPS) is 15.3. The number of aromatic nitrogens is 3. The first kappa shape index (κ1) is 27.1. The molecule has 1 aromatic carbocycles. The van der Waals surface area contributed by atoms with Crippen molar-refractivity contribution in [2.75, 3.05) is 12.1 Å². The van der Waals surface area contributed by atoms with Gasteiger partial charge in [-0.05, 0) is 69.7 Å². The molecule has 0 radical (unpaired) electrons. The van der Waals surface area contributed by atoms with Gasteiger partial charge in [-0.3, -0.25) is 14.4 Å². The minimum absolute atomic E-state index is 0.135. The second-order valence-corrected chi connectivity index (χ2v) is 10.2. The maximum absolute atomic E-state index is 13.6. The molecule has 210 valence electrons. The average molecular weight is 550 g/mol. The van der Waals surface area contributed by atoms with E-state index in [0.717, 1.165) is 23.3 Å². The number of anilines is 2. The van der Waals surface area contributed by atoms with Crippen LogP contribution in [0.5, 0.6) is 0 Å². The van der Waals surface area contributed by atoms with E-state index in [0.29, 0.717) is 41.0 Å². The standard InChI is InChI=1S/C27H31N7O6/c1-14-4-5-17(24(35)31-18-6-7-18)10-21(14)32-23-22-15(2)20(11-33(22)30-12-29-23)25(36)34(19-8-9-19)27(38)40-13-39-26(37)16(3)28/h4-5,10-12,16,18-19H,6-9,13,28H2,1-3H3,(H,31,35)(H,29,30,32). The van der Waals surface area contributed by atoms with Crippen LogP contribution in [0.4, 0.5) is 16.3 Å². The summed E-state index contributed by atoms with van der Waals surface area (Å²) in [5.74, 6) is -0.994. The first-order chi connectivity index (χ1) is 19.1. The van der Waals surface area contributed by atoms with Gasteiger partial charge in [0.05, 0.1) is 5.56 Å². The van der Waals surface area contributed by atoms with Gasteiger partial charge in [0.25, 0.3) is 11.8 Å². The van der Waals surface area contributed by atoms with Crippen LogP contribution in [0.2, 0.25) is 0 Å². The van der Waals surface area contributed by atoms with Gasteiger partial charge >= 0.3 is 12.1 Å². The van der Waals surface area contributed by atoms with Crippen molar-refractivity contribution in [2.45, 2.75) is 64.6 Å². The number of carbonyl (C=O) groups excluding carboxylic acids is 4. The van der Waals surface area contributed by atoms with Crippen molar-refractivity contribution in [3.8, 4) is 0 Å². The molecule has 1 atom stereocenters. The zero-order chi connectivity index (χ0) is 28.6. The second-order valence-electron chi connectivity index (χ2n) is 10.2. The van der Waals surface area contributed by atoms with Crippen LogP contribution in [-0.2, 0) is 14.3 Å². The number of carbonyl (C=O) groups is 4. The van der Waals surface area contributed by atoms with Crippen molar-refractivity contribution >= 4 is 40.9 Å². The van der Waals surface area contributed by atoms with E-state index < -0.39 is 30.8 Å². The van der Waals surface area contributed by atoms with Gasteiger partial charge in [0.15, 0.2) is 5.82 Å². The van der Waals surface area contributed by atoms with Gasteiger partial charge in [0, 0.05) is 29.5 Å². The number of hydrogen-bond donors (Lipinski definition) is 3. The van der Waals surface area contributed by atoms with E-state index in [2.05, 4.69) is 20.7 Å². The van der Waals surface area contributed by atoms with E-state index in [1.807, 2.05) is 13.0 Å². The summed E-state index contributed by atoms with van der Waals surface area (Å²) in [6.07, 6.45) is 5.24. The third kappa shape index (κ3) is 5.73. The quantitative estimate of drug-likeness (QED) is 0.266. The molecule has 3 amide bonds. The van der Waals surface area contributed by atoms with Crippen molar-refractivity contribution in [3.05, 3.63) is 53.0 Å². The summed E-state index contributed by atoms with van der Waals surface area (Å²) in [7, 11) is 0. The number of nitrogens with zero attached hydrogens (tertiary/aromatic N) is 4. The zero-order valence-electron chi connectivity index (χ0n) is 22.5. The molecule has 4 N–H and O–H groups in total. The lowest BCUT2D eigenvalue weighted by molar-refractivity contribution is -0.153. The summed E-state index contributed by atoms with van der Waals surface area (Å²) >= 11 is 0. The molecule has 13 heteroatoms. The summed E-state index contributed by atoms with van der Waals surface area (Å²) in [6.45, 7) is 4.45. The number of amides is 3. The number of esters is 1. The lowest BCUT2D eigenvalue weighted by Crippen LogP contribution is -2.40. The fourth-order valence-electron chi connectivity index (χ4n) is 4.19. The van der Waals surface area contributed by atoms with Gasteiger partial charge in [0.1, 0.15) is 17.9 Å². The number of aryl methyl sites for hydroxylation is 2. The van der Waals surface area contributed by atoms with Gasteiger partial charge in [-0.25, -0.2) is 19.2 Å². The molecule has 2 saturated carbocycles. The van der Waals surface area contributed by atoms with E-state index in [1.165, 1.54) is 24.0 Å². The summed E-state index contributed by atoms with van der Waals surface area (Å²) < 4.78 is 11.4. The maximum atomic E-state index is 13.6. The molecule has 2 aromatic heterocycles. The second kappa shape index (κ2) is 10.9. The molecule has 0 saturated heterocycles. The van der Waals surface area contributed by atoms with Crippen molar-refractivity contribution < 1.29 is 28.7 Å². The molecule has 2 heterocycles. The average Bonchev–Trinajstić information content (AvgIpc) is 3.85. The minimum atomic E-state index is -0.916. The van der Waals surface area contributed by atoms with Crippen LogP contribution >= 0.6 is 0 Å². The van der Waals surface area contributed by atoms with Crippen LogP contribution in [-0.4, -0.2) is 68.3 Å². The van der Waals surface area contributed by atoms with E-state index in [1.54, 1.807) is 19.1 Å². The molecule has 0 spiro atoms. The van der Waals surface area contributed by atoms with Gasteiger partial charge < -0.3 is 25.8 Å². The topological polar surface area (TPSA) is 170 Å². The highest BCUT2D eigenvalue weighted by molar-refractivity contribution is 6.06. The Morgan fingerprint density at radius 2 is 1.90 bits per heavy atom. The Bertz CT molecular complexity index is 1490. The van der Waals surface area contributed by atoms with E-state index in [4.69, 9.17) is 15.2 Å². The number of rotatable bonds is 9. The molecular formula is C27H31N7O6. The first-order valence-electron chi connectivity index (χ1n) is 13.1. The molecule has 13 nitrogen and oxygen atoms in total. The number of imide groups is 1. The van der Waals surface area contributed by atoms with Gasteiger partial charge in [-0.2, -0.15) is 5.10 Å². The van der Waals surface area contributed by atoms with Crippen LogP contribution in [0.25, 0.3) is 5.52 Å². The third-order valence-electron chi connectivity index (χ3n) is 6.81. The molecule has 2 aliphatic carbocycles. The summed E-state index contributed by atoms with van der Waals surface area (Å²) in [4.78, 5) is 55.9.